The van der Waals surface area contributed by atoms with Crippen LogP contribution >= 0.6 is 0 Å². The van der Waals surface area contributed by atoms with E-state index in [9.17, 15) is 9.18 Å². The first-order valence-electron chi connectivity index (χ1n) is 8.69. The van der Waals surface area contributed by atoms with Crippen LogP contribution < -0.4 is 5.32 Å². The minimum Gasteiger partial charge on any atom is -0.455 e. The van der Waals surface area contributed by atoms with Crippen molar-refractivity contribution in [2.75, 3.05) is 7.05 Å². The molecule has 0 saturated carbocycles. The van der Waals surface area contributed by atoms with E-state index in [2.05, 4.69) is 24.4 Å². The molecule has 0 aliphatic carbocycles. The van der Waals surface area contributed by atoms with Crippen LogP contribution in [0, 0.1) is 12.7 Å². The zero-order valence-electron chi connectivity index (χ0n) is 15.0. The highest BCUT2D eigenvalue weighted by Crippen LogP contribution is 2.36. The Morgan fingerprint density at radius 2 is 1.67 bits per heavy atom. The van der Waals surface area contributed by atoms with Crippen LogP contribution in [-0.4, -0.2) is 13.0 Å². The maximum absolute atomic E-state index is 13.3. The van der Waals surface area contributed by atoms with E-state index in [1.165, 1.54) is 12.1 Å². The van der Waals surface area contributed by atoms with E-state index in [1.54, 1.807) is 19.2 Å². The van der Waals surface area contributed by atoms with Crippen LogP contribution in [0.15, 0.2) is 71.1 Å². The highest BCUT2D eigenvalue weighted by atomic mass is 19.1. The molecule has 1 N–H and O–H groups in total. The molecule has 3 nitrogen and oxygen atoms in total. The summed E-state index contributed by atoms with van der Waals surface area (Å²) in [5.41, 5.74) is 4.99. The first kappa shape index (κ1) is 17.0. The van der Waals surface area contributed by atoms with Gasteiger partial charge in [0.15, 0.2) is 0 Å². The lowest BCUT2D eigenvalue weighted by Crippen LogP contribution is -2.18. The molecule has 0 bridgehead atoms. The fraction of sp³-hybridized carbons (Fsp3) is 0.0870. The van der Waals surface area contributed by atoms with Crippen LogP contribution in [0.4, 0.5) is 4.39 Å². The second kappa shape index (κ2) is 6.72. The molecule has 0 fully saturated rings. The summed E-state index contributed by atoms with van der Waals surface area (Å²) in [5.74, 6) is -0.139. The Morgan fingerprint density at radius 3 is 2.37 bits per heavy atom. The van der Waals surface area contributed by atoms with Gasteiger partial charge in [0, 0.05) is 18.0 Å². The van der Waals surface area contributed by atoms with Gasteiger partial charge in [-0.15, -0.1) is 0 Å². The van der Waals surface area contributed by atoms with Gasteiger partial charge in [-0.1, -0.05) is 30.3 Å². The van der Waals surface area contributed by atoms with Crippen molar-refractivity contribution >= 4 is 16.9 Å². The van der Waals surface area contributed by atoms with Crippen LogP contribution in [0.3, 0.4) is 0 Å². The molecule has 134 valence electrons. The highest BCUT2D eigenvalue weighted by Gasteiger charge is 2.22. The van der Waals surface area contributed by atoms with E-state index in [0.717, 1.165) is 22.1 Å². The van der Waals surface area contributed by atoms with Gasteiger partial charge in [-0.25, -0.2) is 4.39 Å². The van der Waals surface area contributed by atoms with E-state index >= 15 is 0 Å². The summed E-state index contributed by atoms with van der Waals surface area (Å²) in [6.45, 7) is 2.05. The molecule has 4 heteroatoms. The molecule has 0 radical (unpaired) electrons. The van der Waals surface area contributed by atoms with Crippen molar-refractivity contribution in [2.45, 2.75) is 6.92 Å². The summed E-state index contributed by atoms with van der Waals surface area (Å²) >= 11 is 0. The van der Waals surface area contributed by atoms with Crippen molar-refractivity contribution in [3.05, 3.63) is 83.7 Å². The Balaban J connectivity index is 1.97. The largest absolute Gasteiger partial charge is 0.455 e. The third-order valence-corrected chi connectivity index (χ3v) is 4.70. The first-order chi connectivity index (χ1) is 13.1. The quantitative estimate of drug-likeness (QED) is 0.519. The Labute approximate surface area is 156 Å². The van der Waals surface area contributed by atoms with E-state index in [0.29, 0.717) is 22.5 Å². The Kier molecular flexibility index (Phi) is 4.24. The fourth-order valence-corrected chi connectivity index (χ4v) is 3.32. The molecule has 0 spiro atoms. The number of fused-ring (bicyclic) bond motifs is 1. The number of carbonyl (C=O) groups excluding carboxylic acids is 1. The van der Waals surface area contributed by atoms with Crippen molar-refractivity contribution in [3.8, 4) is 22.5 Å². The van der Waals surface area contributed by atoms with E-state index in [-0.39, 0.29) is 11.7 Å². The van der Waals surface area contributed by atoms with Crippen molar-refractivity contribution in [3.63, 3.8) is 0 Å². The van der Waals surface area contributed by atoms with E-state index in [4.69, 9.17) is 4.42 Å². The lowest BCUT2D eigenvalue weighted by molar-refractivity contribution is 0.0964. The summed E-state index contributed by atoms with van der Waals surface area (Å²) in [6.07, 6.45) is 0. The third kappa shape index (κ3) is 2.99. The maximum atomic E-state index is 13.3. The number of amides is 1. The van der Waals surface area contributed by atoms with Gasteiger partial charge in [-0.2, -0.15) is 0 Å². The number of furan rings is 1. The van der Waals surface area contributed by atoms with Gasteiger partial charge in [0.05, 0.1) is 5.56 Å². The summed E-state index contributed by atoms with van der Waals surface area (Å²) in [5, 5.41) is 3.41. The smallest absolute Gasteiger partial charge is 0.255 e. The fourth-order valence-electron chi connectivity index (χ4n) is 3.32. The number of aryl methyl sites for hydroxylation is 1. The Bertz CT molecular complexity index is 1140. The van der Waals surface area contributed by atoms with Gasteiger partial charge in [0.25, 0.3) is 5.91 Å². The van der Waals surface area contributed by atoms with Gasteiger partial charge in [-0.05, 0) is 60.0 Å². The molecule has 0 unspecified atom stereocenters. The Hall–Kier alpha value is -3.40. The summed E-state index contributed by atoms with van der Waals surface area (Å²) in [7, 11) is 1.58. The molecule has 1 heterocycles. The number of halogens is 1. The maximum Gasteiger partial charge on any atom is 0.255 e. The van der Waals surface area contributed by atoms with Gasteiger partial charge in [0.1, 0.15) is 17.2 Å². The summed E-state index contributed by atoms with van der Waals surface area (Å²) in [6, 6.07) is 19.9. The molecule has 0 atom stereocenters. The minimum atomic E-state index is -0.335. The molecule has 1 amide bonds. The molecular weight excluding hydrogens is 341 g/mol. The van der Waals surface area contributed by atoms with Crippen LogP contribution in [0.25, 0.3) is 33.4 Å². The Morgan fingerprint density at radius 1 is 0.963 bits per heavy atom. The molecule has 0 saturated heterocycles. The predicted octanol–water partition coefficient (Wildman–Crippen LogP) is 5.57. The van der Waals surface area contributed by atoms with Crippen molar-refractivity contribution in [1.82, 2.24) is 5.32 Å². The van der Waals surface area contributed by atoms with Gasteiger partial charge in [0.2, 0.25) is 0 Å². The van der Waals surface area contributed by atoms with Gasteiger partial charge in [-0.3, -0.25) is 4.79 Å². The summed E-state index contributed by atoms with van der Waals surface area (Å²) in [4.78, 5) is 12.6. The number of benzene rings is 3. The highest BCUT2D eigenvalue weighted by molar-refractivity contribution is 6.11. The number of nitrogens with one attached hydrogen (secondary N) is 1. The van der Waals surface area contributed by atoms with Crippen LogP contribution in [0.5, 0.6) is 0 Å². The molecule has 4 aromatic rings. The van der Waals surface area contributed by atoms with Crippen molar-refractivity contribution < 1.29 is 13.6 Å². The van der Waals surface area contributed by atoms with Crippen molar-refractivity contribution in [1.29, 1.82) is 0 Å². The third-order valence-electron chi connectivity index (χ3n) is 4.70. The summed E-state index contributed by atoms with van der Waals surface area (Å²) < 4.78 is 19.3. The zero-order valence-corrected chi connectivity index (χ0v) is 15.0. The average Bonchev–Trinajstić information content (AvgIpc) is 3.07. The van der Waals surface area contributed by atoms with Crippen LogP contribution in [0.1, 0.15) is 15.9 Å². The molecule has 0 aliphatic rings. The van der Waals surface area contributed by atoms with Crippen LogP contribution in [0.2, 0.25) is 0 Å². The molecule has 0 aliphatic heterocycles. The number of hydrogen-bond donors (Lipinski definition) is 1. The second-order valence-electron chi connectivity index (χ2n) is 6.42. The van der Waals surface area contributed by atoms with Crippen molar-refractivity contribution in [2.24, 2.45) is 0 Å². The lowest BCUT2D eigenvalue weighted by Gasteiger charge is -2.06. The second-order valence-corrected chi connectivity index (χ2v) is 6.42. The first-order valence-corrected chi connectivity index (χ1v) is 8.69. The monoisotopic (exact) mass is 359 g/mol. The normalized spacial score (nSPS) is 10.9. The average molecular weight is 359 g/mol. The van der Waals surface area contributed by atoms with Gasteiger partial charge >= 0.3 is 0 Å². The number of hydrogen-bond acceptors (Lipinski definition) is 2. The molecule has 3 aromatic carbocycles. The topological polar surface area (TPSA) is 42.2 Å². The molecule has 1 aromatic heterocycles. The standard InChI is InChI=1S/C23H18FNO2/c1-14-5-3-4-6-18(14)16-9-12-20-19(13-16)21(23(26)25-2)22(27-20)15-7-10-17(24)11-8-15/h3-13H,1-2H3,(H,25,26). The van der Waals surface area contributed by atoms with E-state index < -0.39 is 0 Å². The zero-order chi connectivity index (χ0) is 19.0. The minimum absolute atomic E-state index is 0.241. The number of carbonyl (C=O) groups is 1. The van der Waals surface area contributed by atoms with Crippen LogP contribution in [-0.2, 0) is 0 Å². The molecule has 4 rings (SSSR count). The van der Waals surface area contributed by atoms with E-state index in [1.807, 2.05) is 30.3 Å². The lowest BCUT2D eigenvalue weighted by atomic mass is 9.97. The predicted molar refractivity (Wildman–Crippen MR) is 105 cm³/mol. The molecular formula is C23H18FNO2. The SMILES string of the molecule is CNC(=O)c1c(-c2ccc(F)cc2)oc2ccc(-c3ccccc3C)cc12. The van der Waals surface area contributed by atoms with Gasteiger partial charge < -0.3 is 9.73 Å². The number of rotatable bonds is 3. The molecule has 27 heavy (non-hydrogen) atoms.